The van der Waals surface area contributed by atoms with E-state index in [0.717, 1.165) is 59.7 Å². The summed E-state index contributed by atoms with van der Waals surface area (Å²) in [6.07, 6.45) is 30.6. The van der Waals surface area contributed by atoms with Crippen molar-refractivity contribution in [1.29, 1.82) is 0 Å². The lowest BCUT2D eigenvalue weighted by Crippen LogP contribution is -2.28. The minimum absolute atomic E-state index is 0.0336. The molecule has 5 aromatic rings. The average Bonchev–Trinajstić information content (AvgIpc) is 3.82. The summed E-state index contributed by atoms with van der Waals surface area (Å²) in [4.78, 5) is 15.7. The Bertz CT molecular complexity index is 2600. The number of rotatable bonds is 5. The molecular weight excluding hydrogens is 663 g/mol. The van der Waals surface area contributed by atoms with Gasteiger partial charge in [0.2, 0.25) is 0 Å². The second-order valence-electron chi connectivity index (χ2n) is 14.8. The van der Waals surface area contributed by atoms with Gasteiger partial charge in [-0.25, -0.2) is 15.0 Å². The summed E-state index contributed by atoms with van der Waals surface area (Å²) in [5.41, 5.74) is 11.7. The lowest BCUT2D eigenvalue weighted by molar-refractivity contribution is 0.259. The van der Waals surface area contributed by atoms with Crippen molar-refractivity contribution in [3.63, 3.8) is 0 Å². The van der Waals surface area contributed by atoms with Crippen LogP contribution in [0.15, 0.2) is 161 Å². The first-order valence-corrected chi connectivity index (χ1v) is 19.1. The summed E-state index contributed by atoms with van der Waals surface area (Å²) >= 11 is 0. The highest BCUT2D eigenvalue weighted by Crippen LogP contribution is 2.52. The molecule has 2 aromatic heterocycles. The van der Waals surface area contributed by atoms with Gasteiger partial charge in [-0.15, -0.1) is 0 Å². The SMILES string of the molecule is C1=CC2=C(c3nc(C4=CCCc5oc6c(c54)CCC=C6)nc(-c4ccccc4)n3)C=CC(C3=CC=CC4Oc5cc(-c6ccccc6)ccc5C34)C2C=C1. The molecule has 0 bridgehead atoms. The van der Waals surface area contributed by atoms with Crippen LogP contribution >= 0.6 is 0 Å². The summed E-state index contributed by atoms with van der Waals surface area (Å²) in [6.45, 7) is 0. The van der Waals surface area contributed by atoms with Gasteiger partial charge in [-0.05, 0) is 54.2 Å². The number of ether oxygens (including phenoxy) is 1. The van der Waals surface area contributed by atoms with Gasteiger partial charge < -0.3 is 9.15 Å². The van der Waals surface area contributed by atoms with Crippen LogP contribution in [0.4, 0.5) is 0 Å². The maximum atomic E-state index is 6.66. The van der Waals surface area contributed by atoms with Crippen LogP contribution in [-0.2, 0) is 12.8 Å². The first kappa shape index (κ1) is 31.2. The highest BCUT2D eigenvalue weighted by atomic mass is 16.5. The van der Waals surface area contributed by atoms with E-state index in [0.29, 0.717) is 17.5 Å². The minimum atomic E-state index is -0.0336. The molecule has 0 spiro atoms. The summed E-state index contributed by atoms with van der Waals surface area (Å²) in [5.74, 6) is 5.47. The first-order valence-electron chi connectivity index (χ1n) is 19.1. The molecule has 4 atom stereocenters. The van der Waals surface area contributed by atoms with Crippen molar-refractivity contribution in [2.24, 2.45) is 11.8 Å². The molecule has 6 aliphatic rings. The molecule has 3 heterocycles. The Kier molecular flexibility index (Phi) is 7.32. The molecule has 54 heavy (non-hydrogen) atoms. The number of benzene rings is 3. The maximum Gasteiger partial charge on any atom is 0.164 e. The van der Waals surface area contributed by atoms with Crippen LogP contribution in [0.2, 0.25) is 0 Å². The Labute approximate surface area is 314 Å². The largest absolute Gasteiger partial charge is 0.485 e. The molecule has 0 radical (unpaired) electrons. The van der Waals surface area contributed by atoms with Crippen molar-refractivity contribution >= 4 is 17.2 Å². The number of aromatic nitrogens is 3. The fourth-order valence-corrected chi connectivity index (χ4v) is 9.20. The Balaban J connectivity index is 0.996. The summed E-state index contributed by atoms with van der Waals surface area (Å²) in [7, 11) is 0. The second kappa shape index (κ2) is 12.7. The summed E-state index contributed by atoms with van der Waals surface area (Å²) in [6, 6.07) is 27.5. The van der Waals surface area contributed by atoms with E-state index in [4.69, 9.17) is 24.1 Å². The Morgan fingerprint density at radius 2 is 1.48 bits per heavy atom. The van der Waals surface area contributed by atoms with E-state index in [9.17, 15) is 0 Å². The fourth-order valence-electron chi connectivity index (χ4n) is 9.20. The van der Waals surface area contributed by atoms with Gasteiger partial charge in [0.05, 0.1) is 5.92 Å². The molecule has 0 amide bonds. The second-order valence-corrected chi connectivity index (χ2v) is 14.8. The molecule has 5 heteroatoms. The Morgan fingerprint density at radius 3 is 2.37 bits per heavy atom. The van der Waals surface area contributed by atoms with Crippen LogP contribution < -0.4 is 4.74 Å². The number of hydrogen-bond donors (Lipinski definition) is 0. The van der Waals surface area contributed by atoms with Gasteiger partial charge >= 0.3 is 0 Å². The van der Waals surface area contributed by atoms with Crippen molar-refractivity contribution in [3.8, 4) is 28.3 Å². The molecule has 0 saturated heterocycles. The van der Waals surface area contributed by atoms with Crippen LogP contribution in [0, 0.1) is 11.8 Å². The molecule has 4 unspecified atom stereocenters. The zero-order valence-corrected chi connectivity index (χ0v) is 29.7. The fraction of sp³-hybridized carbons (Fsp3) is 0.163. The monoisotopic (exact) mass is 699 g/mol. The topological polar surface area (TPSA) is 61.0 Å². The number of allylic oxidation sites excluding steroid dienone is 12. The van der Waals surface area contributed by atoms with Crippen LogP contribution in [0.25, 0.3) is 39.7 Å². The molecule has 11 rings (SSSR count). The van der Waals surface area contributed by atoms with Gasteiger partial charge in [0.15, 0.2) is 17.5 Å². The third kappa shape index (κ3) is 5.10. The first-order chi connectivity index (χ1) is 26.8. The third-order valence-corrected chi connectivity index (χ3v) is 11.7. The van der Waals surface area contributed by atoms with Gasteiger partial charge in [-0.3, -0.25) is 0 Å². The molecule has 5 nitrogen and oxygen atoms in total. The van der Waals surface area contributed by atoms with E-state index >= 15 is 0 Å². The lowest BCUT2D eigenvalue weighted by atomic mass is 9.68. The van der Waals surface area contributed by atoms with E-state index in [1.165, 1.54) is 39.0 Å². The summed E-state index contributed by atoms with van der Waals surface area (Å²) < 4.78 is 13.1. The minimum Gasteiger partial charge on any atom is -0.485 e. The number of furan rings is 1. The van der Waals surface area contributed by atoms with E-state index in [1.807, 2.05) is 18.2 Å². The standard InChI is InChI=1S/C49H37N3O2/c1-3-13-30(14-4-1)32-25-26-39-44(29-32)54-42-23-11-20-36(45(39)42)35-27-28-37(34-18-8-7-17-33(34)35)48-50-47(31-15-5-2-6-16-31)51-49(52-48)40-21-12-24-43-46(40)38-19-9-10-22-41(38)53-43/h1-8,10-11,13-18,20-23,25-29,33,35,42,45H,9,12,19,24H2. The van der Waals surface area contributed by atoms with Crippen molar-refractivity contribution in [3.05, 3.63) is 197 Å². The molecular formula is C49H37N3O2. The predicted molar refractivity (Wildman–Crippen MR) is 214 cm³/mol. The van der Waals surface area contributed by atoms with Crippen molar-refractivity contribution in [2.45, 2.75) is 37.7 Å². The molecule has 0 fully saturated rings. The van der Waals surface area contributed by atoms with E-state index in [1.54, 1.807) is 0 Å². The predicted octanol–water partition coefficient (Wildman–Crippen LogP) is 10.9. The smallest absolute Gasteiger partial charge is 0.164 e. The van der Waals surface area contributed by atoms with Crippen LogP contribution in [0.5, 0.6) is 5.75 Å². The zero-order chi connectivity index (χ0) is 35.6. The van der Waals surface area contributed by atoms with E-state index in [-0.39, 0.29) is 23.9 Å². The molecule has 3 aromatic carbocycles. The van der Waals surface area contributed by atoms with Crippen LogP contribution in [0.1, 0.15) is 58.6 Å². The van der Waals surface area contributed by atoms with Crippen LogP contribution in [0.3, 0.4) is 0 Å². The van der Waals surface area contributed by atoms with E-state index in [2.05, 4.69) is 134 Å². The number of fused-ring (bicyclic) bond motifs is 7. The number of hydrogen-bond acceptors (Lipinski definition) is 5. The van der Waals surface area contributed by atoms with Crippen molar-refractivity contribution < 1.29 is 9.15 Å². The molecule has 0 saturated carbocycles. The number of aryl methyl sites for hydroxylation is 1. The van der Waals surface area contributed by atoms with Gasteiger partial charge in [-0.1, -0.05) is 139 Å². The molecule has 5 aliphatic carbocycles. The Hall–Kier alpha value is -6.33. The Morgan fingerprint density at radius 1 is 0.648 bits per heavy atom. The van der Waals surface area contributed by atoms with E-state index < -0.39 is 0 Å². The van der Waals surface area contributed by atoms with Gasteiger partial charge in [0, 0.05) is 51.7 Å². The van der Waals surface area contributed by atoms with Crippen molar-refractivity contribution in [2.75, 3.05) is 0 Å². The molecule has 260 valence electrons. The van der Waals surface area contributed by atoms with Gasteiger partial charge in [0.25, 0.3) is 0 Å². The quantitative estimate of drug-likeness (QED) is 0.183. The maximum absolute atomic E-state index is 6.66. The van der Waals surface area contributed by atoms with Crippen molar-refractivity contribution in [1.82, 2.24) is 15.0 Å². The normalized spacial score (nSPS) is 22.8. The zero-order valence-electron chi connectivity index (χ0n) is 29.7. The highest BCUT2D eigenvalue weighted by molar-refractivity contribution is 5.85. The van der Waals surface area contributed by atoms with Gasteiger partial charge in [-0.2, -0.15) is 0 Å². The summed E-state index contributed by atoms with van der Waals surface area (Å²) in [5, 5.41) is 0. The lowest BCUT2D eigenvalue weighted by Gasteiger charge is -2.35. The van der Waals surface area contributed by atoms with Crippen LogP contribution in [-0.4, -0.2) is 21.1 Å². The van der Waals surface area contributed by atoms with Gasteiger partial charge in [0.1, 0.15) is 23.4 Å². The third-order valence-electron chi connectivity index (χ3n) is 11.7. The number of nitrogens with zero attached hydrogens (tertiary/aromatic N) is 3. The average molecular weight is 700 g/mol. The molecule has 1 aliphatic heterocycles. The molecule has 0 N–H and O–H groups in total. The highest BCUT2D eigenvalue weighted by Gasteiger charge is 2.42.